The molecule has 1 unspecified atom stereocenters. The Kier molecular flexibility index (Phi) is 2.40. The van der Waals surface area contributed by atoms with Crippen LogP contribution in [0.1, 0.15) is 35.1 Å². The van der Waals surface area contributed by atoms with Crippen molar-refractivity contribution < 1.29 is 13.9 Å². The maximum atomic E-state index is 10.3. The van der Waals surface area contributed by atoms with Gasteiger partial charge in [-0.25, -0.2) is 4.98 Å². The second-order valence-corrected chi connectivity index (χ2v) is 3.14. The number of aromatic nitrogens is 1. The van der Waals surface area contributed by atoms with Crippen LogP contribution in [0, 0.1) is 0 Å². The number of carbonyl (C=O) groups excluding carboxylic acids is 1. The minimum absolute atomic E-state index is 0.224. The summed E-state index contributed by atoms with van der Waals surface area (Å²) >= 11 is 0. The van der Waals surface area contributed by atoms with Crippen LogP contribution in [0.3, 0.4) is 0 Å². The lowest BCUT2D eigenvalue weighted by Gasteiger charge is -2.18. The molecular formula is C9H11NO3. The van der Waals surface area contributed by atoms with Crippen LogP contribution in [-0.4, -0.2) is 24.5 Å². The molecule has 1 aromatic heterocycles. The molecule has 1 atom stereocenters. The Morgan fingerprint density at radius 1 is 1.62 bits per heavy atom. The molecule has 70 valence electrons. The highest BCUT2D eigenvalue weighted by Crippen LogP contribution is 2.24. The molecule has 4 nitrogen and oxygen atoms in total. The molecule has 1 aromatic rings. The molecule has 4 heteroatoms. The highest BCUT2D eigenvalue weighted by Gasteiger charge is 2.20. The van der Waals surface area contributed by atoms with Crippen LogP contribution in [-0.2, 0) is 4.74 Å². The summed E-state index contributed by atoms with van der Waals surface area (Å²) < 4.78 is 10.5. The van der Waals surface area contributed by atoms with Gasteiger partial charge in [0.15, 0.2) is 12.2 Å². The standard InChI is InChI=1S/C9H11NO3/c11-4-8-6-13-9(10-8)7-2-1-3-12-5-7/h4,6-7H,1-3,5H2. The molecule has 1 saturated heterocycles. The van der Waals surface area contributed by atoms with Gasteiger partial charge in [0.1, 0.15) is 12.0 Å². The number of ether oxygens (including phenoxy) is 1. The average molecular weight is 181 g/mol. The third-order valence-corrected chi connectivity index (χ3v) is 2.17. The van der Waals surface area contributed by atoms with E-state index in [1.165, 1.54) is 6.26 Å². The van der Waals surface area contributed by atoms with Gasteiger partial charge in [-0.2, -0.15) is 0 Å². The first-order valence-electron chi connectivity index (χ1n) is 4.38. The molecule has 0 bridgehead atoms. The third kappa shape index (κ3) is 1.78. The number of hydrogen-bond acceptors (Lipinski definition) is 4. The van der Waals surface area contributed by atoms with E-state index in [0.717, 1.165) is 19.4 Å². The molecule has 1 aliphatic heterocycles. The Morgan fingerprint density at radius 2 is 2.54 bits per heavy atom. The van der Waals surface area contributed by atoms with Crippen LogP contribution in [0.25, 0.3) is 0 Å². The largest absolute Gasteiger partial charge is 0.448 e. The summed E-state index contributed by atoms with van der Waals surface area (Å²) in [6.07, 6.45) is 4.13. The van der Waals surface area contributed by atoms with Gasteiger partial charge in [-0.15, -0.1) is 0 Å². The summed E-state index contributed by atoms with van der Waals surface area (Å²) in [5.41, 5.74) is 0.362. The lowest BCUT2D eigenvalue weighted by atomic mass is 10.0. The summed E-state index contributed by atoms with van der Waals surface area (Å²) in [5, 5.41) is 0. The SMILES string of the molecule is O=Cc1coc(C2CCCOC2)n1. The van der Waals surface area contributed by atoms with E-state index in [0.29, 0.717) is 24.5 Å². The van der Waals surface area contributed by atoms with Crippen LogP contribution in [0.5, 0.6) is 0 Å². The number of carbonyl (C=O) groups is 1. The van der Waals surface area contributed by atoms with Crippen LogP contribution in [0.15, 0.2) is 10.7 Å². The van der Waals surface area contributed by atoms with Gasteiger partial charge in [0, 0.05) is 6.61 Å². The van der Waals surface area contributed by atoms with Gasteiger partial charge in [-0.05, 0) is 12.8 Å². The number of aldehydes is 1. The minimum atomic E-state index is 0.224. The van der Waals surface area contributed by atoms with Crippen LogP contribution in [0.2, 0.25) is 0 Å². The molecular weight excluding hydrogens is 170 g/mol. The fourth-order valence-electron chi connectivity index (χ4n) is 1.48. The summed E-state index contributed by atoms with van der Waals surface area (Å²) in [6.45, 7) is 1.47. The number of rotatable bonds is 2. The molecule has 0 N–H and O–H groups in total. The molecule has 1 fully saturated rings. The van der Waals surface area contributed by atoms with Gasteiger partial charge in [0.2, 0.25) is 0 Å². The normalized spacial score (nSPS) is 22.9. The third-order valence-electron chi connectivity index (χ3n) is 2.17. The van der Waals surface area contributed by atoms with Crippen molar-refractivity contribution in [1.29, 1.82) is 0 Å². The second-order valence-electron chi connectivity index (χ2n) is 3.14. The predicted molar refractivity (Wildman–Crippen MR) is 44.7 cm³/mol. The molecule has 2 rings (SSSR count). The van der Waals surface area contributed by atoms with E-state index in [1.807, 2.05) is 0 Å². The monoisotopic (exact) mass is 181 g/mol. The zero-order chi connectivity index (χ0) is 9.10. The first-order chi connectivity index (χ1) is 6.40. The van der Waals surface area contributed by atoms with E-state index in [1.54, 1.807) is 0 Å². The first-order valence-corrected chi connectivity index (χ1v) is 4.38. The van der Waals surface area contributed by atoms with Gasteiger partial charge in [-0.1, -0.05) is 0 Å². The molecule has 2 heterocycles. The van der Waals surface area contributed by atoms with Gasteiger partial charge >= 0.3 is 0 Å². The van der Waals surface area contributed by atoms with Crippen LogP contribution >= 0.6 is 0 Å². The predicted octanol–water partition coefficient (Wildman–Crippen LogP) is 1.38. The highest BCUT2D eigenvalue weighted by atomic mass is 16.5. The minimum Gasteiger partial charge on any atom is -0.448 e. The molecule has 0 spiro atoms. The molecule has 0 aromatic carbocycles. The number of hydrogen-bond donors (Lipinski definition) is 0. The Bertz CT molecular complexity index is 289. The quantitative estimate of drug-likeness (QED) is 0.647. The highest BCUT2D eigenvalue weighted by molar-refractivity contribution is 5.70. The first kappa shape index (κ1) is 8.44. The fraction of sp³-hybridized carbons (Fsp3) is 0.556. The summed E-state index contributed by atoms with van der Waals surface area (Å²) in [6, 6.07) is 0. The zero-order valence-corrected chi connectivity index (χ0v) is 7.23. The zero-order valence-electron chi connectivity index (χ0n) is 7.23. The fourth-order valence-corrected chi connectivity index (χ4v) is 1.48. The lowest BCUT2D eigenvalue weighted by Crippen LogP contribution is -2.15. The average Bonchev–Trinajstić information content (AvgIpc) is 2.67. The summed E-state index contributed by atoms with van der Waals surface area (Å²) in [7, 11) is 0. The van der Waals surface area contributed by atoms with Gasteiger partial charge in [0.05, 0.1) is 12.5 Å². The van der Waals surface area contributed by atoms with Gasteiger partial charge in [0.25, 0.3) is 0 Å². The maximum Gasteiger partial charge on any atom is 0.200 e. The van der Waals surface area contributed by atoms with Crippen molar-refractivity contribution in [1.82, 2.24) is 4.98 Å². The van der Waals surface area contributed by atoms with Crippen molar-refractivity contribution in [2.45, 2.75) is 18.8 Å². The maximum absolute atomic E-state index is 10.3. The topological polar surface area (TPSA) is 52.3 Å². The van der Waals surface area contributed by atoms with Crippen molar-refractivity contribution >= 4 is 6.29 Å². The van der Waals surface area contributed by atoms with Gasteiger partial charge in [-0.3, -0.25) is 4.79 Å². The molecule has 13 heavy (non-hydrogen) atoms. The van der Waals surface area contributed by atoms with E-state index in [2.05, 4.69) is 4.98 Å². The van der Waals surface area contributed by atoms with Crippen molar-refractivity contribution in [3.05, 3.63) is 17.8 Å². The second kappa shape index (κ2) is 3.70. The van der Waals surface area contributed by atoms with E-state index in [4.69, 9.17) is 9.15 Å². The van der Waals surface area contributed by atoms with E-state index in [-0.39, 0.29) is 5.92 Å². The van der Waals surface area contributed by atoms with Crippen molar-refractivity contribution in [2.24, 2.45) is 0 Å². The van der Waals surface area contributed by atoms with Crippen molar-refractivity contribution in [3.8, 4) is 0 Å². The van der Waals surface area contributed by atoms with Gasteiger partial charge < -0.3 is 9.15 Å². The Hall–Kier alpha value is -1.16. The Balaban J connectivity index is 2.09. The van der Waals surface area contributed by atoms with Crippen molar-refractivity contribution in [2.75, 3.05) is 13.2 Å². The van der Waals surface area contributed by atoms with Crippen molar-refractivity contribution in [3.63, 3.8) is 0 Å². The van der Waals surface area contributed by atoms with Crippen LogP contribution < -0.4 is 0 Å². The lowest BCUT2D eigenvalue weighted by molar-refractivity contribution is 0.0725. The van der Waals surface area contributed by atoms with Crippen LogP contribution in [0.4, 0.5) is 0 Å². The smallest absolute Gasteiger partial charge is 0.200 e. The van der Waals surface area contributed by atoms with E-state index < -0.39 is 0 Å². The molecule has 0 saturated carbocycles. The van der Waals surface area contributed by atoms with E-state index in [9.17, 15) is 4.79 Å². The number of oxazole rings is 1. The summed E-state index contributed by atoms with van der Waals surface area (Å²) in [4.78, 5) is 14.4. The summed E-state index contributed by atoms with van der Waals surface area (Å²) in [5.74, 6) is 0.851. The molecule has 0 radical (unpaired) electrons. The molecule has 0 aliphatic carbocycles. The Labute approximate surface area is 75.9 Å². The number of nitrogens with zero attached hydrogens (tertiary/aromatic N) is 1. The Morgan fingerprint density at radius 3 is 3.15 bits per heavy atom. The molecule has 1 aliphatic rings. The molecule has 0 amide bonds. The van der Waals surface area contributed by atoms with E-state index >= 15 is 0 Å².